The molecular formula is C21H34N4O2. The minimum absolute atomic E-state index is 0.231. The van der Waals surface area contributed by atoms with E-state index in [9.17, 15) is 4.79 Å². The van der Waals surface area contributed by atoms with Crippen LogP contribution in [0, 0.1) is 5.92 Å². The Labute approximate surface area is 163 Å². The minimum Gasteiger partial charge on any atom is -0.381 e. The Morgan fingerprint density at radius 1 is 1.22 bits per heavy atom. The van der Waals surface area contributed by atoms with Gasteiger partial charge in [-0.3, -0.25) is 9.79 Å². The maximum Gasteiger partial charge on any atom is 0.226 e. The lowest BCUT2D eigenvalue weighted by Gasteiger charge is -2.26. The number of ether oxygens (including phenoxy) is 1. The van der Waals surface area contributed by atoms with Crippen molar-refractivity contribution in [1.29, 1.82) is 0 Å². The quantitative estimate of drug-likeness (QED) is 0.396. The van der Waals surface area contributed by atoms with Gasteiger partial charge < -0.3 is 20.3 Å². The fourth-order valence-electron chi connectivity index (χ4n) is 2.98. The van der Waals surface area contributed by atoms with Crippen LogP contribution in [0.1, 0.15) is 45.1 Å². The largest absolute Gasteiger partial charge is 0.381 e. The van der Waals surface area contributed by atoms with E-state index in [1.807, 2.05) is 17.0 Å². The number of carbonyl (C=O) groups excluding carboxylic acids is 1. The number of amides is 1. The van der Waals surface area contributed by atoms with Crippen molar-refractivity contribution in [2.24, 2.45) is 10.9 Å². The van der Waals surface area contributed by atoms with Gasteiger partial charge >= 0.3 is 0 Å². The van der Waals surface area contributed by atoms with Crippen LogP contribution in [-0.4, -0.2) is 45.2 Å². The van der Waals surface area contributed by atoms with Crippen molar-refractivity contribution < 1.29 is 9.53 Å². The molecule has 1 amide bonds. The fourth-order valence-corrected chi connectivity index (χ4v) is 2.98. The van der Waals surface area contributed by atoms with Gasteiger partial charge in [0.2, 0.25) is 5.91 Å². The van der Waals surface area contributed by atoms with Crippen molar-refractivity contribution in [3.8, 4) is 0 Å². The molecule has 0 radical (unpaired) electrons. The third-order valence-electron chi connectivity index (χ3n) is 4.46. The van der Waals surface area contributed by atoms with E-state index in [1.165, 1.54) is 0 Å². The van der Waals surface area contributed by atoms with Gasteiger partial charge in [0.05, 0.1) is 0 Å². The van der Waals surface area contributed by atoms with Gasteiger partial charge in [-0.1, -0.05) is 26.0 Å². The van der Waals surface area contributed by atoms with Crippen LogP contribution in [0.15, 0.2) is 29.3 Å². The Hall–Kier alpha value is -2.08. The Morgan fingerprint density at radius 2 is 2.00 bits per heavy atom. The number of guanidine groups is 1. The summed E-state index contributed by atoms with van der Waals surface area (Å²) in [6, 6.07) is 8.19. The van der Waals surface area contributed by atoms with E-state index >= 15 is 0 Å². The lowest BCUT2D eigenvalue weighted by Crippen LogP contribution is -2.37. The molecule has 0 spiro atoms. The minimum atomic E-state index is 0.231. The summed E-state index contributed by atoms with van der Waals surface area (Å²) in [6.45, 7) is 8.23. The van der Waals surface area contributed by atoms with E-state index in [-0.39, 0.29) is 5.91 Å². The van der Waals surface area contributed by atoms with Crippen molar-refractivity contribution in [1.82, 2.24) is 10.6 Å². The van der Waals surface area contributed by atoms with Crippen LogP contribution in [0.2, 0.25) is 0 Å². The van der Waals surface area contributed by atoms with Crippen LogP contribution in [-0.2, 0) is 16.1 Å². The fraction of sp³-hybridized carbons (Fsp3) is 0.619. The molecule has 1 aliphatic rings. The molecule has 2 rings (SSSR count). The molecule has 6 nitrogen and oxygen atoms in total. The van der Waals surface area contributed by atoms with Crippen LogP contribution in [0.25, 0.3) is 0 Å². The second kappa shape index (κ2) is 11.6. The van der Waals surface area contributed by atoms with Gasteiger partial charge in [0.25, 0.3) is 0 Å². The van der Waals surface area contributed by atoms with Crippen LogP contribution < -0.4 is 15.5 Å². The Bertz CT molecular complexity index is 599. The highest BCUT2D eigenvalue weighted by atomic mass is 16.5. The molecule has 1 fully saturated rings. The van der Waals surface area contributed by atoms with Crippen molar-refractivity contribution in [2.75, 3.05) is 38.3 Å². The van der Waals surface area contributed by atoms with E-state index < -0.39 is 0 Å². The molecule has 1 aliphatic heterocycles. The molecule has 0 aromatic heterocycles. The molecule has 0 atom stereocenters. The van der Waals surface area contributed by atoms with Crippen molar-refractivity contribution in [3.63, 3.8) is 0 Å². The highest BCUT2D eigenvalue weighted by molar-refractivity contribution is 5.93. The maximum absolute atomic E-state index is 12.0. The monoisotopic (exact) mass is 374 g/mol. The topological polar surface area (TPSA) is 66.0 Å². The number of aliphatic imine (C=N–C) groups is 1. The van der Waals surface area contributed by atoms with Crippen molar-refractivity contribution in [2.45, 2.75) is 46.1 Å². The summed E-state index contributed by atoms with van der Waals surface area (Å²) in [6.07, 6.45) is 3.70. The molecule has 0 unspecified atom stereocenters. The van der Waals surface area contributed by atoms with E-state index in [0.717, 1.165) is 62.8 Å². The predicted molar refractivity (Wildman–Crippen MR) is 111 cm³/mol. The standard InChI is InChI=1S/C21H34N4O2/c1-17(2)16-27-14-6-12-23-21(22-3)24-15-18-8-10-19(11-9-18)25-13-5-4-7-20(25)26/h8-11,17H,4-7,12-16H2,1-3H3,(H2,22,23,24). The van der Waals surface area contributed by atoms with E-state index in [1.54, 1.807) is 7.05 Å². The number of nitrogens with one attached hydrogen (secondary N) is 2. The molecule has 1 heterocycles. The van der Waals surface area contributed by atoms with Gasteiger partial charge in [-0.25, -0.2) is 0 Å². The summed E-state index contributed by atoms with van der Waals surface area (Å²) >= 11 is 0. The molecule has 2 N–H and O–H groups in total. The van der Waals surface area contributed by atoms with Crippen LogP contribution in [0.4, 0.5) is 5.69 Å². The van der Waals surface area contributed by atoms with Crippen molar-refractivity contribution in [3.05, 3.63) is 29.8 Å². The number of carbonyl (C=O) groups is 1. The van der Waals surface area contributed by atoms with Crippen LogP contribution >= 0.6 is 0 Å². The predicted octanol–water partition coefficient (Wildman–Crippen LogP) is 2.93. The number of hydrogen-bond acceptors (Lipinski definition) is 3. The Kier molecular flexibility index (Phi) is 9.11. The zero-order chi connectivity index (χ0) is 19.5. The zero-order valence-corrected chi connectivity index (χ0v) is 17.0. The van der Waals surface area contributed by atoms with Gasteiger partial charge in [0.15, 0.2) is 5.96 Å². The van der Waals surface area contributed by atoms with Gasteiger partial charge in [0, 0.05) is 52.0 Å². The van der Waals surface area contributed by atoms with Crippen LogP contribution in [0.5, 0.6) is 0 Å². The third-order valence-corrected chi connectivity index (χ3v) is 4.46. The van der Waals surface area contributed by atoms with Gasteiger partial charge in [0.1, 0.15) is 0 Å². The van der Waals surface area contributed by atoms with E-state index in [2.05, 4.69) is 41.6 Å². The maximum atomic E-state index is 12.0. The Balaban J connectivity index is 1.70. The summed E-state index contributed by atoms with van der Waals surface area (Å²) in [5.41, 5.74) is 2.15. The molecule has 1 aromatic carbocycles. The lowest BCUT2D eigenvalue weighted by atomic mass is 10.1. The highest BCUT2D eigenvalue weighted by Crippen LogP contribution is 2.21. The average Bonchev–Trinajstić information content (AvgIpc) is 2.67. The third kappa shape index (κ3) is 7.59. The van der Waals surface area contributed by atoms with E-state index in [0.29, 0.717) is 18.9 Å². The first-order chi connectivity index (χ1) is 13.1. The first-order valence-electron chi connectivity index (χ1n) is 10.0. The van der Waals surface area contributed by atoms with Gasteiger partial charge in [-0.15, -0.1) is 0 Å². The summed E-state index contributed by atoms with van der Waals surface area (Å²) in [5, 5.41) is 6.62. The number of hydrogen-bond donors (Lipinski definition) is 2. The number of benzene rings is 1. The summed E-state index contributed by atoms with van der Waals surface area (Å²) < 4.78 is 5.58. The SMILES string of the molecule is CN=C(NCCCOCC(C)C)NCc1ccc(N2CCCCC2=O)cc1. The number of piperidine rings is 1. The molecule has 0 saturated carbocycles. The highest BCUT2D eigenvalue weighted by Gasteiger charge is 2.19. The Morgan fingerprint density at radius 3 is 2.67 bits per heavy atom. The van der Waals surface area contributed by atoms with Crippen LogP contribution in [0.3, 0.4) is 0 Å². The molecule has 1 aromatic rings. The number of rotatable bonds is 9. The molecule has 150 valence electrons. The summed E-state index contributed by atoms with van der Waals surface area (Å²) in [7, 11) is 1.77. The molecule has 27 heavy (non-hydrogen) atoms. The molecule has 1 saturated heterocycles. The smallest absolute Gasteiger partial charge is 0.226 e. The summed E-state index contributed by atoms with van der Waals surface area (Å²) in [4.78, 5) is 18.2. The lowest BCUT2D eigenvalue weighted by molar-refractivity contribution is -0.119. The first-order valence-corrected chi connectivity index (χ1v) is 10.0. The molecule has 0 aliphatic carbocycles. The number of anilines is 1. The second-order valence-corrected chi connectivity index (χ2v) is 7.34. The normalized spacial score (nSPS) is 15.3. The second-order valence-electron chi connectivity index (χ2n) is 7.34. The zero-order valence-electron chi connectivity index (χ0n) is 17.0. The van der Waals surface area contributed by atoms with Gasteiger partial charge in [-0.2, -0.15) is 0 Å². The van der Waals surface area contributed by atoms with Gasteiger partial charge in [-0.05, 0) is 42.9 Å². The first kappa shape index (κ1) is 21.2. The molecular weight excluding hydrogens is 340 g/mol. The molecule has 0 bridgehead atoms. The molecule has 6 heteroatoms. The summed E-state index contributed by atoms with van der Waals surface area (Å²) in [5.74, 6) is 1.59. The van der Waals surface area contributed by atoms with Crippen molar-refractivity contribution >= 4 is 17.6 Å². The average molecular weight is 375 g/mol. The van der Waals surface area contributed by atoms with E-state index in [4.69, 9.17) is 4.74 Å². The number of nitrogens with zero attached hydrogens (tertiary/aromatic N) is 2.